The van der Waals surface area contributed by atoms with E-state index in [1.165, 1.54) is 0 Å². The van der Waals surface area contributed by atoms with Crippen molar-refractivity contribution in [2.24, 2.45) is 0 Å². The summed E-state index contributed by atoms with van der Waals surface area (Å²) in [6.45, 7) is 0. The molecular weight excluding hydrogens is 342 g/mol. The van der Waals surface area contributed by atoms with Crippen molar-refractivity contribution in [1.29, 1.82) is 0 Å². The van der Waals surface area contributed by atoms with E-state index in [1.54, 1.807) is 12.3 Å². The summed E-state index contributed by atoms with van der Waals surface area (Å²) in [5.74, 6) is 0.220. The van der Waals surface area contributed by atoms with Crippen LogP contribution in [0.25, 0.3) is 22.5 Å². The van der Waals surface area contributed by atoms with Gasteiger partial charge in [-0.1, -0.05) is 44.8 Å². The predicted octanol–water partition coefficient (Wildman–Crippen LogP) is 4.40. The highest BCUT2D eigenvalue weighted by Crippen LogP contribution is 2.38. The monoisotopic (exact) mass is 349 g/mol. The Hall–Kier alpha value is -1.85. The van der Waals surface area contributed by atoms with Crippen LogP contribution in [0.15, 0.2) is 51.6 Å². The van der Waals surface area contributed by atoms with Crippen LogP contribution in [-0.4, -0.2) is 10.1 Å². The van der Waals surface area contributed by atoms with Crippen molar-refractivity contribution in [3.63, 3.8) is 0 Å². The fourth-order valence-electron chi connectivity index (χ4n) is 1.93. The lowest BCUT2D eigenvalue weighted by Crippen LogP contribution is -1.90. The molecule has 1 aromatic carbocycles. The summed E-state index contributed by atoms with van der Waals surface area (Å²) in [6.07, 6.45) is 1.69. The third-order valence-corrected chi connectivity index (χ3v) is 3.63. The normalized spacial score (nSPS) is 10.7. The Morgan fingerprint density at radius 3 is 2.75 bits per heavy atom. The number of pyridine rings is 1. The van der Waals surface area contributed by atoms with E-state index in [4.69, 9.17) is 21.9 Å². The van der Waals surface area contributed by atoms with E-state index in [2.05, 4.69) is 26.1 Å². The second-order valence-corrected chi connectivity index (χ2v) is 5.43. The first-order valence-electron chi connectivity index (χ1n) is 5.79. The predicted molar refractivity (Wildman–Crippen MR) is 82.3 cm³/mol. The summed E-state index contributed by atoms with van der Waals surface area (Å²) in [6, 6.07) is 11.1. The molecule has 0 fully saturated rings. The maximum absolute atomic E-state index is 6.26. The number of anilines is 1. The molecule has 2 heterocycles. The molecule has 0 saturated carbocycles. The fourth-order valence-corrected chi connectivity index (χ4v) is 2.69. The summed E-state index contributed by atoms with van der Waals surface area (Å²) < 4.78 is 6.00. The molecule has 20 heavy (non-hydrogen) atoms. The van der Waals surface area contributed by atoms with Crippen LogP contribution in [0.4, 0.5) is 5.88 Å². The third-order valence-electron chi connectivity index (χ3n) is 2.83. The Kier molecular flexibility index (Phi) is 3.46. The van der Waals surface area contributed by atoms with Gasteiger partial charge in [-0.05, 0) is 24.3 Å². The van der Waals surface area contributed by atoms with Crippen LogP contribution in [0.5, 0.6) is 0 Å². The molecule has 0 bridgehead atoms. The second kappa shape index (κ2) is 5.26. The van der Waals surface area contributed by atoms with E-state index in [-0.39, 0.29) is 5.88 Å². The van der Waals surface area contributed by atoms with E-state index in [0.29, 0.717) is 22.0 Å². The molecule has 2 N–H and O–H groups in total. The van der Waals surface area contributed by atoms with Crippen molar-refractivity contribution in [1.82, 2.24) is 10.1 Å². The molecule has 0 aliphatic heterocycles. The topological polar surface area (TPSA) is 64.9 Å². The van der Waals surface area contributed by atoms with Crippen LogP contribution in [0.2, 0.25) is 5.02 Å². The number of hydrogen-bond acceptors (Lipinski definition) is 4. The van der Waals surface area contributed by atoms with Gasteiger partial charge < -0.3 is 10.3 Å². The Balaban J connectivity index is 2.21. The molecule has 0 aliphatic rings. The van der Waals surface area contributed by atoms with Crippen LogP contribution < -0.4 is 5.73 Å². The van der Waals surface area contributed by atoms with Gasteiger partial charge in [0.15, 0.2) is 0 Å². The zero-order chi connectivity index (χ0) is 14.1. The number of hydrogen-bond donors (Lipinski definition) is 1. The van der Waals surface area contributed by atoms with Crippen molar-refractivity contribution in [2.45, 2.75) is 0 Å². The van der Waals surface area contributed by atoms with Crippen molar-refractivity contribution in [3.05, 3.63) is 52.1 Å². The van der Waals surface area contributed by atoms with Crippen LogP contribution >= 0.6 is 27.5 Å². The maximum Gasteiger partial charge on any atom is 0.232 e. The molecule has 0 amide bonds. The molecule has 4 nitrogen and oxygen atoms in total. The summed E-state index contributed by atoms with van der Waals surface area (Å²) >= 11 is 9.63. The van der Waals surface area contributed by atoms with Gasteiger partial charge in [0, 0.05) is 16.2 Å². The summed E-state index contributed by atoms with van der Waals surface area (Å²) in [7, 11) is 0. The molecule has 0 radical (unpaired) electrons. The minimum atomic E-state index is 0.220. The van der Waals surface area contributed by atoms with Gasteiger partial charge in [0.1, 0.15) is 5.69 Å². The highest BCUT2D eigenvalue weighted by molar-refractivity contribution is 9.10. The number of rotatable bonds is 2. The van der Waals surface area contributed by atoms with Gasteiger partial charge in [0.25, 0.3) is 0 Å². The van der Waals surface area contributed by atoms with E-state index < -0.39 is 0 Å². The zero-order valence-electron chi connectivity index (χ0n) is 10.2. The Labute approximate surface area is 128 Å². The van der Waals surface area contributed by atoms with Crippen molar-refractivity contribution in [2.75, 3.05) is 5.73 Å². The number of nitrogens with zero attached hydrogens (tertiary/aromatic N) is 2. The number of benzene rings is 1. The largest absolute Gasteiger partial charge is 0.367 e. The maximum atomic E-state index is 6.26. The standard InChI is InChI=1S/C14H9BrClN3O/c15-8-4-5-9(10(16)7-8)13-12(14(17)20-19-13)11-3-1-2-6-18-11/h1-7H,17H2. The van der Waals surface area contributed by atoms with E-state index in [1.807, 2.05) is 30.3 Å². The molecule has 0 spiro atoms. The average Bonchev–Trinajstić information content (AvgIpc) is 2.81. The Morgan fingerprint density at radius 1 is 1.20 bits per heavy atom. The molecule has 100 valence electrons. The summed E-state index contributed by atoms with van der Waals surface area (Å²) in [5.41, 5.74) is 8.54. The van der Waals surface area contributed by atoms with Gasteiger partial charge in [-0.2, -0.15) is 0 Å². The van der Waals surface area contributed by atoms with Crippen LogP contribution in [0.1, 0.15) is 0 Å². The van der Waals surface area contributed by atoms with E-state index in [0.717, 1.165) is 10.0 Å². The second-order valence-electron chi connectivity index (χ2n) is 4.11. The van der Waals surface area contributed by atoms with Crippen LogP contribution in [-0.2, 0) is 0 Å². The number of aromatic nitrogens is 2. The molecule has 0 saturated heterocycles. The molecule has 6 heteroatoms. The summed E-state index contributed by atoms with van der Waals surface area (Å²) in [5, 5.41) is 4.57. The van der Waals surface area contributed by atoms with Gasteiger partial charge in [-0.25, -0.2) is 0 Å². The Morgan fingerprint density at radius 2 is 2.05 bits per heavy atom. The molecule has 2 aromatic heterocycles. The number of halogens is 2. The average molecular weight is 351 g/mol. The minimum Gasteiger partial charge on any atom is -0.367 e. The summed E-state index contributed by atoms with van der Waals surface area (Å²) in [4.78, 5) is 4.28. The SMILES string of the molecule is Nc1onc(-c2ccc(Br)cc2Cl)c1-c1ccccn1. The lowest BCUT2D eigenvalue weighted by Gasteiger charge is -2.04. The molecular formula is C14H9BrClN3O. The van der Waals surface area contributed by atoms with Gasteiger partial charge in [0.05, 0.1) is 16.3 Å². The molecule has 0 unspecified atom stereocenters. The van der Waals surface area contributed by atoms with Crippen LogP contribution in [0.3, 0.4) is 0 Å². The fraction of sp³-hybridized carbons (Fsp3) is 0. The van der Waals surface area contributed by atoms with Gasteiger partial charge in [-0.3, -0.25) is 4.98 Å². The number of nitrogen functional groups attached to an aromatic ring is 1. The van der Waals surface area contributed by atoms with Crippen LogP contribution in [0, 0.1) is 0 Å². The molecule has 0 atom stereocenters. The lowest BCUT2D eigenvalue weighted by atomic mass is 10.0. The third kappa shape index (κ3) is 2.30. The first-order valence-corrected chi connectivity index (χ1v) is 6.96. The highest BCUT2D eigenvalue weighted by Gasteiger charge is 2.20. The van der Waals surface area contributed by atoms with E-state index >= 15 is 0 Å². The molecule has 3 aromatic rings. The van der Waals surface area contributed by atoms with Gasteiger partial charge in [0.2, 0.25) is 5.88 Å². The lowest BCUT2D eigenvalue weighted by molar-refractivity contribution is 0.439. The van der Waals surface area contributed by atoms with Crippen molar-refractivity contribution >= 4 is 33.4 Å². The minimum absolute atomic E-state index is 0.220. The zero-order valence-corrected chi connectivity index (χ0v) is 12.5. The van der Waals surface area contributed by atoms with Gasteiger partial charge in [-0.15, -0.1) is 0 Å². The highest BCUT2D eigenvalue weighted by atomic mass is 79.9. The molecule has 0 aliphatic carbocycles. The Bertz CT molecular complexity index is 758. The first kappa shape index (κ1) is 13.1. The van der Waals surface area contributed by atoms with Crippen molar-refractivity contribution in [3.8, 4) is 22.5 Å². The number of nitrogens with two attached hydrogens (primary N) is 1. The van der Waals surface area contributed by atoms with Crippen molar-refractivity contribution < 1.29 is 4.52 Å². The quantitative estimate of drug-likeness (QED) is 0.744. The smallest absolute Gasteiger partial charge is 0.232 e. The first-order chi connectivity index (χ1) is 9.66. The molecule has 3 rings (SSSR count). The van der Waals surface area contributed by atoms with E-state index in [9.17, 15) is 0 Å². The van der Waals surface area contributed by atoms with Gasteiger partial charge >= 0.3 is 0 Å².